The minimum absolute atomic E-state index is 0.0840. The lowest BCUT2D eigenvalue weighted by Gasteiger charge is -2.24. The molecule has 5 nitrogen and oxygen atoms in total. The Hall–Kier alpha value is -2.68. The van der Waals surface area contributed by atoms with E-state index in [4.69, 9.17) is 0 Å². The minimum Gasteiger partial charge on any atom is -0.369 e. The number of nitrogens with zero attached hydrogens (tertiary/aromatic N) is 3. The van der Waals surface area contributed by atoms with Crippen molar-refractivity contribution in [1.29, 1.82) is 0 Å². The quantitative estimate of drug-likeness (QED) is 0.608. The predicted molar refractivity (Wildman–Crippen MR) is 113 cm³/mol. The standard InChI is InChI=1S/C22H24F3N3O2S/c1-4-16-9-8-15(11-17(16)5-2)13-28-10-6-7-18(14-28)19-12-20(22(23,24)25)27-21(26-19)31(3,29)30/h6-9,11-12,14H,4-5,10,13H2,1-3H3. The number of sulfone groups is 1. The van der Waals surface area contributed by atoms with Crippen molar-refractivity contribution in [1.82, 2.24) is 14.9 Å². The number of rotatable bonds is 6. The van der Waals surface area contributed by atoms with Crippen LogP contribution in [-0.4, -0.2) is 36.1 Å². The number of aromatic nitrogens is 2. The highest BCUT2D eigenvalue weighted by molar-refractivity contribution is 7.90. The molecule has 31 heavy (non-hydrogen) atoms. The van der Waals surface area contributed by atoms with Crippen LogP contribution in [0.2, 0.25) is 0 Å². The Labute approximate surface area is 180 Å². The lowest BCUT2D eigenvalue weighted by Crippen LogP contribution is -2.20. The molecule has 2 aromatic rings. The molecule has 9 heteroatoms. The van der Waals surface area contributed by atoms with E-state index in [0.717, 1.165) is 30.7 Å². The van der Waals surface area contributed by atoms with Crippen LogP contribution in [0.1, 0.15) is 41.9 Å². The molecular weight excluding hydrogens is 427 g/mol. The smallest absolute Gasteiger partial charge is 0.369 e. The number of aryl methyl sites for hydroxylation is 2. The van der Waals surface area contributed by atoms with Gasteiger partial charge in [-0.05, 0) is 35.6 Å². The third kappa shape index (κ3) is 5.52. The van der Waals surface area contributed by atoms with Gasteiger partial charge >= 0.3 is 6.18 Å². The van der Waals surface area contributed by atoms with Crippen LogP contribution >= 0.6 is 0 Å². The van der Waals surface area contributed by atoms with Crippen molar-refractivity contribution in [3.63, 3.8) is 0 Å². The van der Waals surface area contributed by atoms with E-state index in [1.54, 1.807) is 12.3 Å². The highest BCUT2D eigenvalue weighted by Gasteiger charge is 2.35. The summed E-state index contributed by atoms with van der Waals surface area (Å²) in [7, 11) is -4.01. The van der Waals surface area contributed by atoms with Gasteiger partial charge in [-0.3, -0.25) is 0 Å². The van der Waals surface area contributed by atoms with Crippen molar-refractivity contribution in [3.8, 4) is 0 Å². The zero-order chi connectivity index (χ0) is 22.8. The Morgan fingerprint density at radius 3 is 2.39 bits per heavy atom. The second-order valence-electron chi connectivity index (χ2n) is 7.42. The maximum atomic E-state index is 13.3. The fourth-order valence-electron chi connectivity index (χ4n) is 3.44. The minimum atomic E-state index is -4.78. The summed E-state index contributed by atoms with van der Waals surface area (Å²) in [5.41, 5.74) is 2.70. The Morgan fingerprint density at radius 2 is 1.77 bits per heavy atom. The van der Waals surface area contributed by atoms with Crippen molar-refractivity contribution < 1.29 is 21.6 Å². The van der Waals surface area contributed by atoms with Gasteiger partial charge in [0.1, 0.15) is 5.69 Å². The zero-order valence-corrected chi connectivity index (χ0v) is 18.4. The van der Waals surface area contributed by atoms with Crippen LogP contribution in [0.3, 0.4) is 0 Å². The molecular formula is C22H24F3N3O2S. The second-order valence-corrected chi connectivity index (χ2v) is 9.33. The molecule has 1 aromatic carbocycles. The molecule has 0 fully saturated rings. The first-order valence-corrected chi connectivity index (χ1v) is 11.8. The summed E-state index contributed by atoms with van der Waals surface area (Å²) in [5.74, 6) is 0. The van der Waals surface area contributed by atoms with Gasteiger partial charge in [-0.15, -0.1) is 0 Å². The maximum Gasteiger partial charge on any atom is 0.433 e. The van der Waals surface area contributed by atoms with Crippen molar-refractivity contribution in [2.75, 3.05) is 12.8 Å². The molecule has 0 atom stereocenters. The van der Waals surface area contributed by atoms with Crippen LogP contribution in [0.5, 0.6) is 0 Å². The lowest BCUT2D eigenvalue weighted by molar-refractivity contribution is -0.141. The topological polar surface area (TPSA) is 63.2 Å². The lowest BCUT2D eigenvalue weighted by atomic mass is 9.99. The van der Waals surface area contributed by atoms with E-state index in [1.807, 2.05) is 11.0 Å². The Bertz CT molecular complexity index is 1140. The molecule has 0 radical (unpaired) electrons. The first-order chi connectivity index (χ1) is 14.5. The summed E-state index contributed by atoms with van der Waals surface area (Å²) >= 11 is 0. The van der Waals surface area contributed by atoms with Gasteiger partial charge in [0, 0.05) is 31.1 Å². The summed E-state index contributed by atoms with van der Waals surface area (Å²) in [6, 6.07) is 7.09. The summed E-state index contributed by atoms with van der Waals surface area (Å²) < 4.78 is 63.5. The molecule has 0 spiro atoms. The Morgan fingerprint density at radius 1 is 1.06 bits per heavy atom. The largest absolute Gasteiger partial charge is 0.433 e. The molecule has 166 valence electrons. The molecule has 0 aliphatic carbocycles. The highest BCUT2D eigenvalue weighted by atomic mass is 32.2. The van der Waals surface area contributed by atoms with E-state index in [2.05, 4.69) is 42.0 Å². The average Bonchev–Trinajstić information content (AvgIpc) is 2.72. The fraction of sp³-hybridized carbons (Fsp3) is 0.364. The van der Waals surface area contributed by atoms with Crippen molar-refractivity contribution in [2.24, 2.45) is 0 Å². The van der Waals surface area contributed by atoms with Crippen molar-refractivity contribution >= 4 is 15.4 Å². The normalized spacial score (nSPS) is 14.6. The van der Waals surface area contributed by atoms with Crippen LogP contribution in [0.4, 0.5) is 13.2 Å². The third-order valence-electron chi connectivity index (χ3n) is 5.00. The number of halogens is 3. The molecule has 2 heterocycles. The monoisotopic (exact) mass is 451 g/mol. The van der Waals surface area contributed by atoms with Crippen molar-refractivity contribution in [3.05, 3.63) is 70.7 Å². The van der Waals surface area contributed by atoms with Gasteiger partial charge in [-0.1, -0.05) is 44.2 Å². The van der Waals surface area contributed by atoms with Crippen LogP contribution in [0.15, 0.2) is 47.8 Å². The van der Waals surface area contributed by atoms with Gasteiger partial charge in [-0.25, -0.2) is 18.4 Å². The predicted octanol–water partition coefficient (Wildman–Crippen LogP) is 4.44. The van der Waals surface area contributed by atoms with Crippen molar-refractivity contribution in [2.45, 2.75) is 44.6 Å². The van der Waals surface area contributed by atoms with Crippen LogP contribution in [0.25, 0.3) is 5.57 Å². The Balaban J connectivity index is 1.95. The Kier molecular flexibility index (Phi) is 6.54. The number of allylic oxidation sites excluding steroid dienone is 2. The first kappa shape index (κ1) is 23.0. The number of benzene rings is 1. The van der Waals surface area contributed by atoms with Crippen LogP contribution in [0, 0.1) is 0 Å². The average molecular weight is 452 g/mol. The summed E-state index contributed by atoms with van der Waals surface area (Å²) in [6.45, 7) is 5.37. The van der Waals surface area contributed by atoms with E-state index in [1.165, 1.54) is 11.1 Å². The van der Waals surface area contributed by atoms with Gasteiger partial charge in [0.2, 0.25) is 15.0 Å². The van der Waals surface area contributed by atoms with Crippen LogP contribution < -0.4 is 0 Å². The summed E-state index contributed by atoms with van der Waals surface area (Å²) in [5, 5.41) is -0.841. The van der Waals surface area contributed by atoms with E-state index < -0.39 is 26.9 Å². The molecule has 0 bridgehead atoms. The van der Waals surface area contributed by atoms with Crippen LogP contribution in [-0.2, 0) is 35.4 Å². The zero-order valence-electron chi connectivity index (χ0n) is 17.6. The van der Waals surface area contributed by atoms with Gasteiger partial charge in [0.25, 0.3) is 0 Å². The second kappa shape index (κ2) is 8.82. The van der Waals surface area contributed by atoms with E-state index in [-0.39, 0.29) is 5.69 Å². The summed E-state index contributed by atoms with van der Waals surface area (Å²) in [4.78, 5) is 9.04. The van der Waals surface area contributed by atoms with E-state index >= 15 is 0 Å². The molecule has 0 saturated heterocycles. The summed E-state index contributed by atoms with van der Waals surface area (Å²) in [6.07, 6.45) is 3.04. The van der Waals surface area contributed by atoms with Gasteiger partial charge in [0.05, 0.1) is 5.69 Å². The molecule has 1 aliphatic heterocycles. The van der Waals surface area contributed by atoms with Gasteiger partial charge < -0.3 is 4.90 Å². The molecule has 0 saturated carbocycles. The fourth-order valence-corrected chi connectivity index (χ4v) is 3.97. The molecule has 1 aliphatic rings. The molecule has 1 aromatic heterocycles. The first-order valence-electron chi connectivity index (χ1n) is 9.91. The van der Waals surface area contributed by atoms with Gasteiger partial charge in [0.15, 0.2) is 0 Å². The van der Waals surface area contributed by atoms with Gasteiger partial charge in [-0.2, -0.15) is 13.2 Å². The maximum absolute atomic E-state index is 13.3. The molecule has 3 rings (SSSR count). The molecule has 0 N–H and O–H groups in total. The third-order valence-corrected chi connectivity index (χ3v) is 5.85. The molecule has 0 unspecified atom stereocenters. The van der Waals surface area contributed by atoms with E-state index in [9.17, 15) is 21.6 Å². The number of alkyl halides is 3. The number of hydrogen-bond donors (Lipinski definition) is 0. The number of hydrogen-bond acceptors (Lipinski definition) is 5. The van der Waals surface area contributed by atoms with E-state index in [0.29, 0.717) is 18.7 Å². The highest BCUT2D eigenvalue weighted by Crippen LogP contribution is 2.31. The molecule has 0 amide bonds. The SMILES string of the molecule is CCc1ccc(CN2C=C(c3cc(C(F)(F)F)nc(S(C)(=O)=O)n3)C=CC2)cc1CC.